The van der Waals surface area contributed by atoms with E-state index < -0.39 is 20.9 Å². The fraction of sp³-hybridized carbons (Fsp3) is 0.300. The van der Waals surface area contributed by atoms with Gasteiger partial charge >= 0.3 is 5.97 Å². The molecule has 10 nitrogen and oxygen atoms in total. The summed E-state index contributed by atoms with van der Waals surface area (Å²) in [5, 5.41) is 16.1. The molecule has 1 aromatic heterocycles. The number of aryl methyl sites for hydroxylation is 2. The second-order valence-electron chi connectivity index (χ2n) is 7.06. The summed E-state index contributed by atoms with van der Waals surface area (Å²) in [7, 11) is -3.87. The summed E-state index contributed by atoms with van der Waals surface area (Å²) in [5.74, 6) is -0.181. The molecule has 0 radical (unpaired) electrons. The second-order valence-corrected chi connectivity index (χ2v) is 8.62. The van der Waals surface area contributed by atoms with Gasteiger partial charge in [-0.3, -0.25) is 10.1 Å². The van der Waals surface area contributed by atoms with Crippen molar-refractivity contribution in [2.45, 2.75) is 44.7 Å². The van der Waals surface area contributed by atoms with E-state index in [9.17, 15) is 23.3 Å². The summed E-state index contributed by atoms with van der Waals surface area (Å²) in [4.78, 5) is 27.3. The number of carbonyl (C=O) groups is 1. The average Bonchev–Trinajstić information content (AvgIpc) is 3.06. The number of benzene rings is 2. The van der Waals surface area contributed by atoms with Gasteiger partial charge in [-0.25, -0.2) is 23.3 Å². The highest BCUT2D eigenvalue weighted by Gasteiger charge is 2.18. The molecule has 0 aliphatic heterocycles. The van der Waals surface area contributed by atoms with Crippen molar-refractivity contribution in [3.63, 3.8) is 0 Å². The lowest BCUT2D eigenvalue weighted by Crippen LogP contribution is -2.12. The first-order chi connectivity index (χ1) is 14.6. The third-order valence-electron chi connectivity index (χ3n) is 4.82. The zero-order valence-electron chi connectivity index (χ0n) is 17.1. The molecule has 164 valence electrons. The first-order valence-electron chi connectivity index (χ1n) is 9.56. The van der Waals surface area contributed by atoms with Gasteiger partial charge in [-0.15, -0.1) is 0 Å². The quantitative estimate of drug-likeness (QED) is 0.318. The molecule has 2 N–H and O–H groups in total. The van der Waals surface area contributed by atoms with Gasteiger partial charge in [0.05, 0.1) is 26.4 Å². The van der Waals surface area contributed by atoms with Gasteiger partial charge in [-0.1, -0.05) is 13.3 Å². The first-order valence-corrected chi connectivity index (χ1v) is 11.1. The van der Waals surface area contributed by atoms with Crippen molar-refractivity contribution < 1.29 is 22.9 Å². The Bertz CT molecular complexity index is 1270. The van der Waals surface area contributed by atoms with Crippen LogP contribution < -0.4 is 5.14 Å². The van der Waals surface area contributed by atoms with Crippen LogP contribution in [0, 0.1) is 17.0 Å². The molecule has 1 heterocycles. The number of unbranched alkanes of at least 4 members (excludes halogenated alkanes) is 1. The van der Waals surface area contributed by atoms with E-state index in [4.69, 9.17) is 9.88 Å². The molecule has 0 spiro atoms. The van der Waals surface area contributed by atoms with Gasteiger partial charge in [-0.2, -0.15) is 0 Å². The summed E-state index contributed by atoms with van der Waals surface area (Å²) in [6.07, 6.45) is 1.78. The van der Waals surface area contributed by atoms with Crippen LogP contribution in [0.5, 0.6) is 0 Å². The number of nitrogens with two attached hydrogens (primary N) is 1. The summed E-state index contributed by atoms with van der Waals surface area (Å²) >= 11 is 0. The van der Waals surface area contributed by atoms with E-state index in [1.807, 2.05) is 11.5 Å². The number of rotatable bonds is 8. The number of aromatic nitrogens is 2. The Morgan fingerprint density at radius 3 is 2.61 bits per heavy atom. The predicted octanol–water partition coefficient (Wildman–Crippen LogP) is 3.06. The van der Waals surface area contributed by atoms with Crippen molar-refractivity contribution >= 4 is 32.7 Å². The third-order valence-corrected chi connectivity index (χ3v) is 5.74. The van der Waals surface area contributed by atoms with E-state index in [0.29, 0.717) is 29.0 Å². The number of primary sulfonamides is 1. The highest BCUT2D eigenvalue weighted by molar-refractivity contribution is 7.89. The number of hydrogen-bond donors (Lipinski definition) is 1. The number of nitro benzene ring substituents is 1. The molecule has 0 amide bonds. The molecule has 0 aliphatic rings. The van der Waals surface area contributed by atoms with Gasteiger partial charge in [0.1, 0.15) is 12.4 Å². The standard InChI is InChI=1S/C20H22N4O6S/c1-3-4-9-23-18-8-6-15(31(21,28)29)11-16(18)22-19(23)12-30-20(25)14-5-7-17(24(26)27)13(2)10-14/h5-8,10-11H,3-4,9,12H2,1-2H3,(H2,21,28,29). The fourth-order valence-electron chi connectivity index (χ4n) is 3.21. The van der Waals surface area contributed by atoms with Crippen molar-refractivity contribution in [1.29, 1.82) is 0 Å². The topological polar surface area (TPSA) is 147 Å². The number of nitro groups is 1. The lowest BCUT2D eigenvalue weighted by atomic mass is 10.1. The van der Waals surface area contributed by atoms with Gasteiger partial charge in [-0.05, 0) is 43.7 Å². The average molecular weight is 446 g/mol. The van der Waals surface area contributed by atoms with Crippen LogP contribution in [0.2, 0.25) is 0 Å². The van der Waals surface area contributed by atoms with Crippen LogP contribution in [-0.2, 0) is 27.9 Å². The minimum Gasteiger partial charge on any atom is -0.454 e. The SMILES string of the molecule is CCCCn1c(COC(=O)c2ccc([N+](=O)[O-])c(C)c2)nc2cc(S(N)(=O)=O)ccc21. The third kappa shape index (κ3) is 4.89. The van der Waals surface area contributed by atoms with Crippen molar-refractivity contribution in [3.05, 3.63) is 63.5 Å². The number of carbonyl (C=O) groups excluding carboxylic acids is 1. The van der Waals surface area contributed by atoms with Crippen LogP contribution in [0.25, 0.3) is 11.0 Å². The maximum atomic E-state index is 12.5. The first kappa shape index (κ1) is 22.4. The maximum absolute atomic E-state index is 12.5. The van der Waals surface area contributed by atoms with E-state index >= 15 is 0 Å². The summed E-state index contributed by atoms with van der Waals surface area (Å²) in [6, 6.07) is 8.43. The minimum atomic E-state index is -3.87. The summed E-state index contributed by atoms with van der Waals surface area (Å²) < 4.78 is 30.5. The molecule has 0 atom stereocenters. The van der Waals surface area contributed by atoms with Crippen LogP contribution >= 0.6 is 0 Å². The molecule has 11 heteroatoms. The number of sulfonamides is 1. The Morgan fingerprint density at radius 1 is 1.26 bits per heavy atom. The molecule has 0 unspecified atom stereocenters. The van der Waals surface area contributed by atoms with Crippen LogP contribution in [-0.4, -0.2) is 28.9 Å². The Kier molecular flexibility index (Phi) is 6.37. The highest BCUT2D eigenvalue weighted by atomic mass is 32.2. The largest absolute Gasteiger partial charge is 0.454 e. The number of hydrogen-bond acceptors (Lipinski definition) is 7. The van der Waals surface area contributed by atoms with Gasteiger partial charge in [0.25, 0.3) is 5.69 Å². The molecule has 0 aliphatic carbocycles. The number of imidazole rings is 1. The lowest BCUT2D eigenvalue weighted by Gasteiger charge is -2.10. The normalized spacial score (nSPS) is 11.6. The summed E-state index contributed by atoms with van der Waals surface area (Å²) in [5.41, 5.74) is 1.60. The second kappa shape index (κ2) is 8.82. The van der Waals surface area contributed by atoms with E-state index in [2.05, 4.69) is 4.98 Å². The predicted molar refractivity (Wildman–Crippen MR) is 113 cm³/mol. The van der Waals surface area contributed by atoms with Crippen LogP contribution in [0.15, 0.2) is 41.3 Å². The Labute approximate surface area is 178 Å². The molecule has 3 rings (SSSR count). The Hall–Kier alpha value is -3.31. The van der Waals surface area contributed by atoms with Crippen LogP contribution in [0.1, 0.15) is 41.5 Å². The zero-order valence-corrected chi connectivity index (χ0v) is 17.9. The molecular formula is C20H22N4O6S. The van der Waals surface area contributed by atoms with E-state index in [-0.39, 0.29) is 22.8 Å². The van der Waals surface area contributed by atoms with Crippen molar-refractivity contribution in [2.24, 2.45) is 5.14 Å². The Morgan fingerprint density at radius 2 is 2.00 bits per heavy atom. The van der Waals surface area contributed by atoms with Gasteiger partial charge in [0.2, 0.25) is 10.0 Å². The van der Waals surface area contributed by atoms with Gasteiger partial charge in [0.15, 0.2) is 0 Å². The lowest BCUT2D eigenvalue weighted by molar-refractivity contribution is -0.385. The van der Waals surface area contributed by atoms with E-state index in [0.717, 1.165) is 12.8 Å². The van der Waals surface area contributed by atoms with Gasteiger partial charge in [0, 0.05) is 18.2 Å². The smallest absolute Gasteiger partial charge is 0.338 e. The minimum absolute atomic E-state index is 0.0509. The van der Waals surface area contributed by atoms with E-state index in [1.165, 1.54) is 30.3 Å². The van der Waals surface area contributed by atoms with Crippen molar-refractivity contribution in [2.75, 3.05) is 0 Å². The fourth-order valence-corrected chi connectivity index (χ4v) is 3.75. The van der Waals surface area contributed by atoms with Crippen molar-refractivity contribution in [3.8, 4) is 0 Å². The van der Waals surface area contributed by atoms with Gasteiger partial charge < -0.3 is 9.30 Å². The Balaban J connectivity index is 1.88. The molecule has 2 aromatic carbocycles. The van der Waals surface area contributed by atoms with Crippen LogP contribution in [0.4, 0.5) is 5.69 Å². The van der Waals surface area contributed by atoms with E-state index in [1.54, 1.807) is 13.0 Å². The number of nitrogens with zero attached hydrogens (tertiary/aromatic N) is 3. The van der Waals surface area contributed by atoms with Crippen LogP contribution in [0.3, 0.4) is 0 Å². The van der Waals surface area contributed by atoms with Crippen molar-refractivity contribution in [1.82, 2.24) is 9.55 Å². The monoisotopic (exact) mass is 446 g/mol. The molecule has 3 aromatic rings. The highest BCUT2D eigenvalue weighted by Crippen LogP contribution is 2.23. The summed E-state index contributed by atoms with van der Waals surface area (Å²) in [6.45, 7) is 4.06. The zero-order chi connectivity index (χ0) is 22.8. The number of esters is 1. The molecule has 0 saturated heterocycles. The number of ether oxygens (including phenoxy) is 1. The molecular weight excluding hydrogens is 424 g/mol. The molecule has 0 bridgehead atoms. The molecule has 31 heavy (non-hydrogen) atoms. The molecule has 0 saturated carbocycles. The molecule has 0 fully saturated rings. The maximum Gasteiger partial charge on any atom is 0.338 e. The number of fused-ring (bicyclic) bond motifs is 1.